The van der Waals surface area contributed by atoms with Crippen molar-refractivity contribution in [3.8, 4) is 16.2 Å². The molecule has 6 N–H and O–H groups in total. The molecule has 0 bridgehead atoms. The van der Waals surface area contributed by atoms with Crippen LogP contribution in [0.3, 0.4) is 0 Å². The molecule has 4 rings (SSSR count). The highest BCUT2D eigenvalue weighted by Gasteiger charge is 2.28. The molecule has 0 saturated heterocycles. The number of anilines is 1. The molecule has 37 heavy (non-hydrogen) atoms. The molecule has 2 saturated carbocycles. The molecular formula is C27H36N4O5S. The smallest absolute Gasteiger partial charge is 0.323 e. The average Bonchev–Trinajstić information content (AvgIpc) is 3.54. The molecule has 0 aliphatic heterocycles. The molecule has 2 aromatic rings. The summed E-state index contributed by atoms with van der Waals surface area (Å²) in [7, 11) is 0. The van der Waals surface area contributed by atoms with Crippen LogP contribution in [0.4, 0.5) is 9.80 Å². The minimum absolute atomic E-state index is 0.0441. The summed E-state index contributed by atoms with van der Waals surface area (Å²) >= 11 is 1.22. The van der Waals surface area contributed by atoms with Crippen LogP contribution in [-0.4, -0.2) is 42.7 Å². The van der Waals surface area contributed by atoms with Gasteiger partial charge in [-0.2, -0.15) is 0 Å². The third kappa shape index (κ3) is 7.69. The lowest BCUT2D eigenvalue weighted by molar-refractivity contribution is -0.152. The van der Waals surface area contributed by atoms with E-state index in [0.29, 0.717) is 29.8 Å². The zero-order valence-electron chi connectivity index (χ0n) is 21.0. The molecule has 1 aromatic carbocycles. The lowest BCUT2D eigenvalue weighted by Gasteiger charge is -2.28. The highest BCUT2D eigenvalue weighted by atomic mass is 32.1. The largest absolute Gasteiger partial charge is 0.494 e. The maximum absolute atomic E-state index is 13.0. The van der Waals surface area contributed by atoms with Crippen LogP contribution < -0.4 is 26.8 Å². The first-order valence-corrected chi connectivity index (χ1v) is 13.9. The van der Waals surface area contributed by atoms with Gasteiger partial charge in [0.1, 0.15) is 22.9 Å². The van der Waals surface area contributed by atoms with E-state index in [1.807, 2.05) is 24.3 Å². The van der Waals surface area contributed by atoms with Crippen LogP contribution in [0.15, 0.2) is 30.3 Å². The van der Waals surface area contributed by atoms with Gasteiger partial charge < -0.3 is 26.3 Å². The zero-order chi connectivity index (χ0) is 26.2. The van der Waals surface area contributed by atoms with Crippen LogP contribution in [0.25, 0.3) is 10.4 Å². The molecule has 2 aliphatic carbocycles. The van der Waals surface area contributed by atoms with E-state index in [2.05, 4.69) is 10.6 Å². The van der Waals surface area contributed by atoms with Crippen molar-refractivity contribution in [1.82, 2.24) is 5.32 Å². The van der Waals surface area contributed by atoms with E-state index in [1.165, 1.54) is 30.6 Å². The van der Waals surface area contributed by atoms with E-state index in [4.69, 9.17) is 20.9 Å². The van der Waals surface area contributed by atoms with Crippen molar-refractivity contribution in [2.24, 2.45) is 11.5 Å². The Hall–Kier alpha value is -3.11. The summed E-state index contributed by atoms with van der Waals surface area (Å²) in [5.74, 6) is -0.139. The van der Waals surface area contributed by atoms with Gasteiger partial charge >= 0.3 is 12.0 Å². The fourth-order valence-corrected chi connectivity index (χ4v) is 6.08. The van der Waals surface area contributed by atoms with Crippen molar-refractivity contribution in [3.05, 3.63) is 35.9 Å². The Morgan fingerprint density at radius 1 is 0.973 bits per heavy atom. The number of nitrogens with one attached hydrogen (secondary N) is 2. The number of rotatable bonds is 11. The molecular weight excluding hydrogens is 492 g/mol. The van der Waals surface area contributed by atoms with E-state index in [9.17, 15) is 14.4 Å². The highest BCUT2D eigenvalue weighted by molar-refractivity contribution is 7.20. The molecule has 2 fully saturated rings. The number of hydrogen-bond acceptors (Lipinski definition) is 7. The van der Waals surface area contributed by atoms with Gasteiger partial charge in [-0.3, -0.25) is 14.9 Å². The minimum atomic E-state index is -0.761. The Morgan fingerprint density at radius 3 is 2.30 bits per heavy atom. The fourth-order valence-electron chi connectivity index (χ4n) is 5.01. The molecule has 3 amide bonds. The normalized spacial score (nSPS) is 17.3. The van der Waals surface area contributed by atoms with Crippen LogP contribution in [-0.2, 0) is 9.53 Å². The number of benzene rings is 1. The highest BCUT2D eigenvalue weighted by Crippen LogP contribution is 2.36. The van der Waals surface area contributed by atoms with Crippen LogP contribution in [0.5, 0.6) is 5.75 Å². The van der Waals surface area contributed by atoms with Gasteiger partial charge in [0.05, 0.1) is 12.2 Å². The predicted octanol–water partition coefficient (Wildman–Crippen LogP) is 4.55. The molecule has 1 aromatic heterocycles. The zero-order valence-corrected chi connectivity index (χ0v) is 21.8. The second-order valence-electron chi connectivity index (χ2n) is 9.77. The number of esters is 1. The molecule has 10 heteroatoms. The van der Waals surface area contributed by atoms with Crippen molar-refractivity contribution < 1.29 is 23.9 Å². The maximum atomic E-state index is 13.0. The Kier molecular flexibility index (Phi) is 9.40. The second kappa shape index (κ2) is 12.9. The van der Waals surface area contributed by atoms with Crippen LogP contribution >= 0.6 is 11.3 Å². The third-order valence-corrected chi connectivity index (χ3v) is 8.06. The van der Waals surface area contributed by atoms with Crippen molar-refractivity contribution >= 4 is 34.2 Å². The van der Waals surface area contributed by atoms with Gasteiger partial charge in [-0.1, -0.05) is 19.3 Å². The first-order valence-electron chi connectivity index (χ1n) is 13.1. The Labute approximate surface area is 221 Å². The Morgan fingerprint density at radius 2 is 1.65 bits per heavy atom. The number of amides is 3. The minimum Gasteiger partial charge on any atom is -0.494 e. The summed E-state index contributed by atoms with van der Waals surface area (Å²) in [5.41, 5.74) is 11.7. The molecule has 0 unspecified atom stereocenters. The molecule has 0 radical (unpaired) electrons. The van der Waals surface area contributed by atoms with E-state index in [-0.39, 0.29) is 23.7 Å². The summed E-state index contributed by atoms with van der Waals surface area (Å²) in [6.45, 7) is 0.376. The van der Waals surface area contributed by atoms with E-state index in [0.717, 1.165) is 49.0 Å². The monoisotopic (exact) mass is 528 g/mol. The third-order valence-electron chi connectivity index (χ3n) is 6.96. The molecule has 0 spiro atoms. The van der Waals surface area contributed by atoms with Crippen molar-refractivity contribution in [1.29, 1.82) is 0 Å². The fraction of sp³-hybridized carbons (Fsp3) is 0.519. The van der Waals surface area contributed by atoms with Gasteiger partial charge in [-0.15, -0.1) is 11.3 Å². The Bertz CT molecular complexity index is 1070. The van der Waals surface area contributed by atoms with Crippen LogP contribution in [0, 0.1) is 0 Å². The SMILES string of the molecule is NC(=O)Nc1sc(-c2ccc(OCC[C@H](NC3CCCCC3)C(=O)OC3CCCC3)cc2)cc1C(N)=O. The van der Waals surface area contributed by atoms with E-state index in [1.54, 1.807) is 6.07 Å². The standard InChI is InChI=1S/C27H36N4O5S/c28-24(32)21-16-23(37-25(21)31-27(29)34)17-10-12-19(13-11-17)35-15-14-22(30-18-6-2-1-3-7-18)26(33)36-20-8-4-5-9-20/h10-13,16,18,20,22,30H,1-9,14-15H2,(H2,28,32)(H3,29,31,34)/t22-/m0/s1. The van der Waals surface area contributed by atoms with Gasteiger partial charge in [-0.05, 0) is 74.4 Å². The summed E-state index contributed by atoms with van der Waals surface area (Å²) < 4.78 is 11.8. The maximum Gasteiger partial charge on any atom is 0.323 e. The lowest BCUT2D eigenvalue weighted by atomic mass is 9.94. The average molecular weight is 529 g/mol. The van der Waals surface area contributed by atoms with E-state index >= 15 is 0 Å². The molecule has 1 atom stereocenters. The molecule has 2 aliphatic rings. The van der Waals surface area contributed by atoms with Crippen LogP contribution in [0.2, 0.25) is 0 Å². The van der Waals surface area contributed by atoms with Crippen molar-refractivity contribution in [3.63, 3.8) is 0 Å². The predicted molar refractivity (Wildman–Crippen MR) is 144 cm³/mol. The van der Waals surface area contributed by atoms with Gasteiger partial charge in [0.25, 0.3) is 5.91 Å². The summed E-state index contributed by atoms with van der Waals surface area (Å²) in [6, 6.07) is 8.24. The number of hydrogen-bond donors (Lipinski definition) is 4. The van der Waals surface area contributed by atoms with Gasteiger partial charge in [0, 0.05) is 17.3 Å². The molecule has 1 heterocycles. The van der Waals surface area contributed by atoms with Gasteiger partial charge in [0.2, 0.25) is 0 Å². The second-order valence-corrected chi connectivity index (χ2v) is 10.8. The number of carbonyl (C=O) groups is 3. The van der Waals surface area contributed by atoms with Crippen molar-refractivity contribution in [2.45, 2.75) is 82.4 Å². The van der Waals surface area contributed by atoms with Gasteiger partial charge in [0.15, 0.2) is 0 Å². The van der Waals surface area contributed by atoms with Gasteiger partial charge in [-0.25, -0.2) is 4.79 Å². The summed E-state index contributed by atoms with van der Waals surface area (Å²) in [4.78, 5) is 36.7. The number of primary amides is 2. The number of carbonyl (C=O) groups excluding carboxylic acids is 3. The Balaban J connectivity index is 1.35. The van der Waals surface area contributed by atoms with Crippen molar-refractivity contribution in [2.75, 3.05) is 11.9 Å². The first kappa shape index (κ1) is 26.9. The molecule has 200 valence electrons. The first-order chi connectivity index (χ1) is 17.9. The van der Waals surface area contributed by atoms with Crippen LogP contribution in [0.1, 0.15) is 74.6 Å². The quantitative estimate of drug-likeness (QED) is 0.315. The topological polar surface area (TPSA) is 146 Å². The molecule has 9 nitrogen and oxygen atoms in total. The summed E-state index contributed by atoms with van der Waals surface area (Å²) in [6.07, 6.45) is 10.5. The number of nitrogens with two attached hydrogens (primary N) is 2. The number of ether oxygens (including phenoxy) is 2. The summed E-state index contributed by atoms with van der Waals surface area (Å²) in [5, 5.41) is 6.31. The van der Waals surface area contributed by atoms with E-state index < -0.39 is 11.9 Å². The number of urea groups is 1. The lowest BCUT2D eigenvalue weighted by Crippen LogP contribution is -2.46. The number of thiophene rings is 1.